The van der Waals surface area contributed by atoms with Crippen molar-refractivity contribution < 1.29 is 13.9 Å². The SMILES string of the molecule is Cc1ccc([N+]2=C=[N+](c3cccc(Oc4cc5c(cc4-c4nc(-c6ccccc6)nc(-c6ccccc6)n4)c4ccccc4n5-c4ccccn4)c3)C=C2)cc1. The molecule has 0 saturated carbocycles. The first-order chi connectivity index (χ1) is 27.6. The second kappa shape index (κ2) is 13.9. The van der Waals surface area contributed by atoms with Gasteiger partial charge in [0.1, 0.15) is 17.3 Å². The summed E-state index contributed by atoms with van der Waals surface area (Å²) in [4.78, 5) is 20.0. The molecule has 3 aromatic heterocycles. The summed E-state index contributed by atoms with van der Waals surface area (Å²) in [7, 11) is 0. The molecule has 8 nitrogen and oxygen atoms in total. The quantitative estimate of drug-likeness (QED) is 0.146. The Balaban J connectivity index is 1.18. The molecule has 264 valence electrons. The summed E-state index contributed by atoms with van der Waals surface area (Å²) in [6, 6.07) is 58.3. The van der Waals surface area contributed by atoms with Gasteiger partial charge in [0.25, 0.3) is 12.4 Å². The lowest BCUT2D eigenvalue weighted by molar-refractivity contribution is -0.387. The van der Waals surface area contributed by atoms with Gasteiger partial charge in [0, 0.05) is 52.4 Å². The van der Waals surface area contributed by atoms with Crippen LogP contribution in [0.2, 0.25) is 0 Å². The fraction of sp³-hybridized carbons (Fsp3) is 0.0208. The fourth-order valence-corrected chi connectivity index (χ4v) is 7.05. The van der Waals surface area contributed by atoms with Crippen molar-refractivity contribution in [2.75, 3.05) is 0 Å². The van der Waals surface area contributed by atoms with Gasteiger partial charge in [-0.25, -0.2) is 19.9 Å². The van der Waals surface area contributed by atoms with Crippen molar-refractivity contribution in [2.24, 2.45) is 0 Å². The van der Waals surface area contributed by atoms with Crippen LogP contribution in [-0.2, 0) is 0 Å². The molecular formula is C48H33N7O+2. The van der Waals surface area contributed by atoms with E-state index >= 15 is 0 Å². The molecule has 56 heavy (non-hydrogen) atoms. The van der Waals surface area contributed by atoms with E-state index in [1.807, 2.05) is 131 Å². The highest BCUT2D eigenvalue weighted by molar-refractivity contribution is 6.11. The maximum absolute atomic E-state index is 6.95. The maximum Gasteiger partial charge on any atom is 0.501 e. The largest absolute Gasteiger partial charge is 0.501 e. The van der Waals surface area contributed by atoms with Crippen molar-refractivity contribution in [1.82, 2.24) is 24.5 Å². The van der Waals surface area contributed by atoms with Crippen LogP contribution in [-0.4, -0.2) is 39.7 Å². The number of hydrogen-bond donors (Lipinski definition) is 0. The van der Waals surface area contributed by atoms with Crippen LogP contribution >= 0.6 is 0 Å². The minimum absolute atomic E-state index is 0.498. The van der Waals surface area contributed by atoms with Crippen LogP contribution in [0.25, 0.3) is 61.8 Å². The lowest BCUT2D eigenvalue weighted by Gasteiger charge is -2.14. The van der Waals surface area contributed by atoms with E-state index in [0.717, 1.165) is 55.7 Å². The molecule has 8 heteroatoms. The molecule has 0 fully saturated rings. The summed E-state index contributed by atoms with van der Waals surface area (Å²) in [5, 5.41) is 2.10. The van der Waals surface area contributed by atoms with Crippen LogP contribution in [0.5, 0.6) is 11.5 Å². The zero-order valence-corrected chi connectivity index (χ0v) is 30.4. The highest BCUT2D eigenvalue weighted by atomic mass is 16.5. The monoisotopic (exact) mass is 723 g/mol. The molecule has 9 aromatic rings. The first kappa shape index (κ1) is 32.8. The van der Waals surface area contributed by atoms with E-state index in [4.69, 9.17) is 24.7 Å². The number of para-hydroxylation sites is 1. The Labute approximate surface area is 323 Å². The lowest BCUT2D eigenvalue weighted by atomic mass is 10.1. The molecule has 0 unspecified atom stereocenters. The number of benzene rings is 6. The molecule has 0 amide bonds. The van der Waals surface area contributed by atoms with E-state index < -0.39 is 0 Å². The van der Waals surface area contributed by atoms with E-state index in [2.05, 4.69) is 78.2 Å². The summed E-state index contributed by atoms with van der Waals surface area (Å²) in [5.41, 5.74) is 7.63. The molecule has 10 rings (SSSR count). The highest BCUT2D eigenvalue weighted by Gasteiger charge is 2.24. The summed E-state index contributed by atoms with van der Waals surface area (Å²) < 4.78 is 13.1. The van der Waals surface area contributed by atoms with E-state index in [1.165, 1.54) is 5.56 Å². The molecule has 1 aliphatic heterocycles. The maximum atomic E-state index is 6.95. The van der Waals surface area contributed by atoms with Crippen LogP contribution in [0.15, 0.2) is 182 Å². The normalized spacial score (nSPS) is 12.2. The van der Waals surface area contributed by atoms with Crippen LogP contribution in [0.4, 0.5) is 11.4 Å². The molecule has 0 spiro atoms. The van der Waals surface area contributed by atoms with Crippen molar-refractivity contribution in [3.05, 3.63) is 188 Å². The third-order valence-electron chi connectivity index (χ3n) is 9.81. The molecule has 0 bridgehead atoms. The molecular weight excluding hydrogens is 691 g/mol. The standard InChI is InChI=1S/C48H33N7O/c1-33-22-24-36(25-23-33)53-27-28-54(32-53)37-17-12-18-38(29-37)56-44-31-43-40(39-19-8-9-20-42(39)55(43)45-21-10-11-26-49-45)30-41(44)48-51-46(34-13-4-2-5-14-34)50-47(52-48)35-15-6-3-7-16-35/h2-31H,1H3/q+2. The van der Waals surface area contributed by atoms with Crippen LogP contribution in [0, 0.1) is 6.92 Å². The Morgan fingerprint density at radius 2 is 1.20 bits per heavy atom. The number of fused-ring (bicyclic) bond motifs is 3. The first-order valence-corrected chi connectivity index (χ1v) is 18.4. The molecule has 0 N–H and O–H groups in total. The van der Waals surface area contributed by atoms with Gasteiger partial charge in [-0.05, 0) is 37.3 Å². The lowest BCUT2D eigenvalue weighted by Crippen LogP contribution is -2.02. The predicted octanol–water partition coefficient (Wildman–Crippen LogP) is 11.1. The average Bonchev–Trinajstić information content (AvgIpc) is 3.88. The third-order valence-corrected chi connectivity index (χ3v) is 9.81. The van der Waals surface area contributed by atoms with Crippen molar-refractivity contribution in [3.8, 4) is 51.5 Å². The van der Waals surface area contributed by atoms with Gasteiger partial charge in [-0.3, -0.25) is 4.57 Å². The second-order valence-electron chi connectivity index (χ2n) is 13.5. The molecule has 0 atom stereocenters. The summed E-state index contributed by atoms with van der Waals surface area (Å²) >= 11 is 0. The Morgan fingerprint density at radius 3 is 1.91 bits per heavy atom. The summed E-state index contributed by atoms with van der Waals surface area (Å²) in [6.45, 7) is 2.08. The Bertz CT molecular complexity index is 2960. The van der Waals surface area contributed by atoms with Crippen molar-refractivity contribution in [3.63, 3.8) is 0 Å². The molecule has 1 aliphatic rings. The topological polar surface area (TPSA) is 71.7 Å². The van der Waals surface area contributed by atoms with E-state index in [1.54, 1.807) is 0 Å². The highest BCUT2D eigenvalue weighted by Crippen LogP contribution is 2.41. The van der Waals surface area contributed by atoms with Crippen molar-refractivity contribution in [1.29, 1.82) is 0 Å². The van der Waals surface area contributed by atoms with Gasteiger partial charge >= 0.3 is 6.01 Å². The number of aryl methyl sites for hydroxylation is 1. The van der Waals surface area contributed by atoms with E-state index in [-0.39, 0.29) is 0 Å². The number of aromatic nitrogens is 5. The van der Waals surface area contributed by atoms with Crippen molar-refractivity contribution in [2.45, 2.75) is 6.92 Å². The van der Waals surface area contributed by atoms with Gasteiger partial charge in [-0.2, -0.15) is 0 Å². The Morgan fingerprint density at radius 1 is 0.536 bits per heavy atom. The average molecular weight is 724 g/mol. The first-order valence-electron chi connectivity index (χ1n) is 18.4. The minimum Gasteiger partial charge on any atom is -0.456 e. The summed E-state index contributed by atoms with van der Waals surface area (Å²) in [5.74, 6) is 3.69. The number of hydrogen-bond acceptors (Lipinski definition) is 5. The third kappa shape index (κ3) is 6.12. The molecule has 0 radical (unpaired) electrons. The second-order valence-corrected chi connectivity index (χ2v) is 13.5. The van der Waals surface area contributed by atoms with Crippen LogP contribution < -0.4 is 4.74 Å². The van der Waals surface area contributed by atoms with Crippen LogP contribution in [0.1, 0.15) is 5.56 Å². The number of pyridine rings is 1. The Kier molecular flexibility index (Phi) is 8.13. The van der Waals surface area contributed by atoms with Crippen LogP contribution in [0.3, 0.4) is 0 Å². The van der Waals surface area contributed by atoms with Gasteiger partial charge in [-0.15, -0.1) is 0 Å². The smallest absolute Gasteiger partial charge is 0.456 e. The number of nitrogens with zero attached hydrogens (tertiary/aromatic N) is 7. The predicted molar refractivity (Wildman–Crippen MR) is 220 cm³/mol. The molecule has 6 aromatic carbocycles. The van der Waals surface area contributed by atoms with E-state index in [9.17, 15) is 0 Å². The van der Waals surface area contributed by atoms with Gasteiger partial charge in [0.2, 0.25) is 11.4 Å². The summed E-state index contributed by atoms with van der Waals surface area (Å²) in [6.07, 6.45) is 5.80. The number of ether oxygens (including phenoxy) is 1. The molecule has 0 aliphatic carbocycles. The van der Waals surface area contributed by atoms with Gasteiger partial charge < -0.3 is 4.74 Å². The van der Waals surface area contributed by atoms with E-state index in [0.29, 0.717) is 29.0 Å². The zero-order valence-electron chi connectivity index (χ0n) is 30.4. The Hall–Kier alpha value is -7.80. The van der Waals surface area contributed by atoms with Gasteiger partial charge in [-0.1, -0.05) is 118 Å². The van der Waals surface area contributed by atoms with Crippen molar-refractivity contribution >= 4 is 39.2 Å². The fourth-order valence-electron chi connectivity index (χ4n) is 7.05. The zero-order chi connectivity index (χ0) is 37.4. The molecule has 4 heterocycles. The molecule has 0 saturated heterocycles. The van der Waals surface area contributed by atoms with Gasteiger partial charge in [0.15, 0.2) is 17.5 Å². The minimum atomic E-state index is 0.498. The van der Waals surface area contributed by atoms with Gasteiger partial charge in [0.05, 0.1) is 22.7 Å². The number of rotatable bonds is 8.